The van der Waals surface area contributed by atoms with Gasteiger partial charge in [-0.1, -0.05) is 65.8 Å². The van der Waals surface area contributed by atoms with Gasteiger partial charge in [0.15, 0.2) is 6.04 Å². The van der Waals surface area contributed by atoms with E-state index in [1.165, 1.54) is 0 Å². The molecule has 0 amide bonds. The number of benzene rings is 2. The maximum absolute atomic E-state index is 13.4. The van der Waals surface area contributed by atoms with Crippen molar-refractivity contribution in [1.82, 2.24) is 10.1 Å². The van der Waals surface area contributed by atoms with E-state index in [4.69, 9.17) is 9.51 Å². The van der Waals surface area contributed by atoms with Gasteiger partial charge in [0.1, 0.15) is 23.3 Å². The van der Waals surface area contributed by atoms with Crippen LogP contribution >= 0.6 is 0 Å². The first-order valence-electron chi connectivity index (χ1n) is 10.4. The third-order valence-corrected chi connectivity index (χ3v) is 5.74. The first-order chi connectivity index (χ1) is 15.1. The van der Waals surface area contributed by atoms with Gasteiger partial charge in [0.2, 0.25) is 0 Å². The first-order valence-corrected chi connectivity index (χ1v) is 10.4. The highest BCUT2D eigenvalue weighted by Gasteiger charge is 2.41. The van der Waals surface area contributed by atoms with Gasteiger partial charge in [-0.3, -0.25) is 5.32 Å². The number of nitrogens with one attached hydrogen (secondary N) is 1. The van der Waals surface area contributed by atoms with Gasteiger partial charge in [0.25, 0.3) is 0 Å². The molecule has 0 bridgehead atoms. The summed E-state index contributed by atoms with van der Waals surface area (Å²) in [6.07, 6.45) is 2.99. The van der Waals surface area contributed by atoms with Gasteiger partial charge in [-0.2, -0.15) is 4.57 Å². The minimum Gasteiger partial charge on any atom is -0.361 e. The summed E-state index contributed by atoms with van der Waals surface area (Å²) in [6, 6.07) is 19.7. The Kier molecular flexibility index (Phi) is 4.82. The van der Waals surface area contributed by atoms with E-state index in [0.717, 1.165) is 45.4 Å². The van der Waals surface area contributed by atoms with Crippen LogP contribution in [0.25, 0.3) is 11.3 Å². The average molecular weight is 411 g/mol. The SMILES string of the molecule is Cc1noc(C)c1CC1Nc2c(Cc3ccccc3)nc(-c3ccccc3)c[n+]2C1=O. The second-order valence-corrected chi connectivity index (χ2v) is 7.86. The zero-order valence-electron chi connectivity index (χ0n) is 17.5. The summed E-state index contributed by atoms with van der Waals surface area (Å²) in [5, 5.41) is 7.45. The van der Waals surface area contributed by atoms with Gasteiger partial charge in [-0.15, -0.1) is 0 Å². The first kappa shape index (κ1) is 19.2. The van der Waals surface area contributed by atoms with E-state index in [-0.39, 0.29) is 11.9 Å². The van der Waals surface area contributed by atoms with Crippen molar-refractivity contribution in [3.8, 4) is 11.3 Å². The molecule has 6 heteroatoms. The summed E-state index contributed by atoms with van der Waals surface area (Å²) < 4.78 is 7.01. The van der Waals surface area contributed by atoms with Crippen LogP contribution in [0.3, 0.4) is 0 Å². The molecule has 4 aromatic rings. The molecule has 3 heterocycles. The number of fused-ring (bicyclic) bond motifs is 1. The average Bonchev–Trinajstić information content (AvgIpc) is 3.29. The number of hydrogen-bond acceptors (Lipinski definition) is 5. The zero-order valence-corrected chi connectivity index (χ0v) is 17.5. The normalized spacial score (nSPS) is 15.0. The van der Waals surface area contributed by atoms with Crippen LogP contribution in [0.1, 0.15) is 33.1 Å². The quantitative estimate of drug-likeness (QED) is 0.504. The third-order valence-electron chi connectivity index (χ3n) is 5.74. The van der Waals surface area contributed by atoms with Crippen LogP contribution in [-0.2, 0) is 12.8 Å². The molecule has 2 aromatic heterocycles. The molecule has 1 aliphatic heterocycles. The molecule has 154 valence electrons. The van der Waals surface area contributed by atoms with E-state index >= 15 is 0 Å². The van der Waals surface area contributed by atoms with Crippen molar-refractivity contribution >= 4 is 11.7 Å². The number of anilines is 1. The monoisotopic (exact) mass is 411 g/mol. The topological polar surface area (TPSA) is 71.9 Å². The van der Waals surface area contributed by atoms with Crippen LogP contribution in [0.2, 0.25) is 0 Å². The lowest BCUT2D eigenvalue weighted by atomic mass is 10.0. The predicted molar refractivity (Wildman–Crippen MR) is 117 cm³/mol. The van der Waals surface area contributed by atoms with Crippen molar-refractivity contribution in [3.05, 3.63) is 95.1 Å². The van der Waals surface area contributed by atoms with Crippen molar-refractivity contribution in [2.75, 3.05) is 5.32 Å². The third kappa shape index (κ3) is 3.61. The number of aryl methyl sites for hydroxylation is 2. The van der Waals surface area contributed by atoms with Crippen molar-refractivity contribution in [2.45, 2.75) is 32.7 Å². The highest BCUT2D eigenvalue weighted by Crippen LogP contribution is 2.25. The van der Waals surface area contributed by atoms with Crippen molar-refractivity contribution < 1.29 is 13.9 Å². The molecule has 0 fully saturated rings. The zero-order chi connectivity index (χ0) is 21.4. The highest BCUT2D eigenvalue weighted by molar-refractivity contribution is 5.83. The van der Waals surface area contributed by atoms with E-state index in [1.807, 2.05) is 68.6 Å². The summed E-state index contributed by atoms with van der Waals surface area (Å²) >= 11 is 0. The van der Waals surface area contributed by atoms with Crippen LogP contribution < -0.4 is 9.88 Å². The van der Waals surface area contributed by atoms with Crippen LogP contribution in [0.15, 0.2) is 71.4 Å². The molecule has 0 aliphatic carbocycles. The van der Waals surface area contributed by atoms with Gasteiger partial charge < -0.3 is 4.52 Å². The summed E-state index contributed by atoms with van der Waals surface area (Å²) in [7, 11) is 0. The molecule has 0 saturated carbocycles. The maximum atomic E-state index is 13.4. The van der Waals surface area contributed by atoms with E-state index in [9.17, 15) is 4.79 Å². The largest absolute Gasteiger partial charge is 0.361 e. The van der Waals surface area contributed by atoms with Gasteiger partial charge in [-0.25, -0.2) is 9.78 Å². The Morgan fingerprint density at radius 2 is 1.74 bits per heavy atom. The number of hydrogen-bond donors (Lipinski definition) is 1. The molecule has 5 rings (SSSR count). The van der Waals surface area contributed by atoms with Gasteiger partial charge in [0, 0.05) is 24.0 Å². The van der Waals surface area contributed by atoms with E-state index in [2.05, 4.69) is 22.6 Å². The standard InChI is InChI=1S/C25H22N4O2/c1-16-20(17(2)31-28-16)14-22-25(30)29-15-23(19-11-7-4-8-12-19)26-21(24(29)27-22)13-18-9-5-3-6-10-18/h3-12,15,22H,13-14H2,1-2H3/p+1. The summed E-state index contributed by atoms with van der Waals surface area (Å²) in [5.74, 6) is 1.51. The van der Waals surface area contributed by atoms with Crippen molar-refractivity contribution in [2.24, 2.45) is 0 Å². The molecule has 0 radical (unpaired) electrons. The lowest BCUT2D eigenvalue weighted by molar-refractivity contribution is -0.552. The van der Waals surface area contributed by atoms with Gasteiger partial charge >= 0.3 is 11.7 Å². The van der Waals surface area contributed by atoms with E-state index in [1.54, 1.807) is 4.57 Å². The predicted octanol–water partition coefficient (Wildman–Crippen LogP) is 3.91. The van der Waals surface area contributed by atoms with Crippen LogP contribution in [0.5, 0.6) is 0 Å². The van der Waals surface area contributed by atoms with Crippen LogP contribution in [0, 0.1) is 13.8 Å². The lowest BCUT2D eigenvalue weighted by Gasteiger charge is -2.07. The van der Waals surface area contributed by atoms with Gasteiger partial charge in [-0.05, 0) is 19.4 Å². The number of carbonyl (C=O) groups is 1. The molecular weight excluding hydrogens is 388 g/mol. The molecule has 31 heavy (non-hydrogen) atoms. The molecule has 0 spiro atoms. The molecule has 2 aromatic carbocycles. The van der Waals surface area contributed by atoms with Crippen molar-refractivity contribution in [1.29, 1.82) is 0 Å². The molecule has 6 nitrogen and oxygen atoms in total. The Balaban J connectivity index is 1.56. The molecule has 1 N–H and O–H groups in total. The fourth-order valence-electron chi connectivity index (χ4n) is 4.07. The fraction of sp³-hybridized carbons (Fsp3) is 0.200. The van der Waals surface area contributed by atoms with Gasteiger partial charge in [0.05, 0.1) is 5.69 Å². The minimum atomic E-state index is -0.390. The Labute approximate surface area is 180 Å². The number of carbonyl (C=O) groups excluding carboxylic acids is 1. The van der Waals surface area contributed by atoms with Crippen LogP contribution in [-0.4, -0.2) is 22.1 Å². The highest BCUT2D eigenvalue weighted by atomic mass is 16.5. The Morgan fingerprint density at radius 1 is 1.03 bits per heavy atom. The molecule has 0 saturated heterocycles. The Morgan fingerprint density at radius 3 is 2.42 bits per heavy atom. The lowest BCUT2D eigenvalue weighted by Crippen LogP contribution is -2.44. The van der Waals surface area contributed by atoms with E-state index < -0.39 is 0 Å². The number of nitrogens with zero attached hydrogens (tertiary/aromatic N) is 3. The molecular formula is C25H23N4O2+. The summed E-state index contributed by atoms with van der Waals surface area (Å²) in [6.45, 7) is 3.78. The minimum absolute atomic E-state index is 0.00360. The van der Waals surface area contributed by atoms with Crippen molar-refractivity contribution in [3.63, 3.8) is 0 Å². The molecule has 1 atom stereocenters. The fourth-order valence-corrected chi connectivity index (χ4v) is 4.07. The second-order valence-electron chi connectivity index (χ2n) is 7.86. The maximum Gasteiger partial charge on any atom is 0.359 e. The molecule has 1 aliphatic rings. The summed E-state index contributed by atoms with van der Waals surface area (Å²) in [5.41, 5.74) is 5.55. The summed E-state index contributed by atoms with van der Waals surface area (Å²) in [4.78, 5) is 18.3. The smallest absolute Gasteiger partial charge is 0.359 e. The van der Waals surface area contributed by atoms with E-state index in [0.29, 0.717) is 12.8 Å². The Hall–Kier alpha value is -3.80. The number of rotatable bonds is 5. The Bertz CT molecular complexity index is 1230. The number of aromatic nitrogens is 3. The molecule has 1 unspecified atom stereocenters. The van der Waals surface area contributed by atoms with Crippen LogP contribution in [0.4, 0.5) is 5.82 Å². The second kappa shape index (κ2) is 7.80.